The number of carboxylic acids is 1. The fraction of sp³-hybridized carbons (Fsp3) is 0.867. The summed E-state index contributed by atoms with van der Waals surface area (Å²) >= 11 is 0. The molecule has 6 heteroatoms. The van der Waals surface area contributed by atoms with Crippen molar-refractivity contribution in [3.05, 3.63) is 0 Å². The zero-order valence-electron chi connectivity index (χ0n) is 13.5. The van der Waals surface area contributed by atoms with Crippen molar-refractivity contribution in [1.29, 1.82) is 0 Å². The molecule has 21 heavy (non-hydrogen) atoms. The third kappa shape index (κ3) is 5.91. The first-order valence-electron chi connectivity index (χ1n) is 7.63. The number of urea groups is 1. The van der Waals surface area contributed by atoms with Crippen molar-refractivity contribution in [3.63, 3.8) is 0 Å². The van der Waals surface area contributed by atoms with Gasteiger partial charge in [0, 0.05) is 26.2 Å². The maximum absolute atomic E-state index is 12.7. The summed E-state index contributed by atoms with van der Waals surface area (Å²) in [5.41, 5.74) is 0. The van der Waals surface area contributed by atoms with Crippen LogP contribution in [0.15, 0.2) is 0 Å². The fourth-order valence-corrected chi connectivity index (χ4v) is 2.49. The van der Waals surface area contributed by atoms with E-state index in [9.17, 15) is 9.59 Å². The largest absolute Gasteiger partial charge is 0.480 e. The summed E-state index contributed by atoms with van der Waals surface area (Å²) in [6.45, 7) is 7.16. The van der Waals surface area contributed by atoms with Crippen molar-refractivity contribution in [2.24, 2.45) is 11.8 Å². The predicted octanol–water partition coefficient (Wildman–Crippen LogP) is 1.90. The molecule has 6 nitrogen and oxygen atoms in total. The Kier molecular flexibility index (Phi) is 6.95. The van der Waals surface area contributed by atoms with E-state index < -0.39 is 5.97 Å². The minimum absolute atomic E-state index is 0.135. The van der Waals surface area contributed by atoms with E-state index in [1.165, 1.54) is 4.90 Å². The maximum atomic E-state index is 12.7. The number of rotatable bonds is 9. The standard InChI is InChI=1S/C15H28N2O4/c1-11(2)9-16(10-14(18)19)15(20)17(7-8-21-4)12(3)13-5-6-13/h11-13H,5-10H2,1-4H3,(H,18,19). The monoisotopic (exact) mass is 300 g/mol. The number of ether oxygens (including phenoxy) is 1. The Morgan fingerprint density at radius 2 is 1.90 bits per heavy atom. The fourth-order valence-electron chi connectivity index (χ4n) is 2.49. The Bertz CT molecular complexity index is 356. The molecule has 0 aromatic rings. The number of hydrogen-bond acceptors (Lipinski definition) is 3. The van der Waals surface area contributed by atoms with Crippen molar-refractivity contribution in [3.8, 4) is 0 Å². The topological polar surface area (TPSA) is 70.1 Å². The van der Waals surface area contributed by atoms with E-state index in [0.29, 0.717) is 25.6 Å². The van der Waals surface area contributed by atoms with E-state index >= 15 is 0 Å². The molecule has 1 fully saturated rings. The lowest BCUT2D eigenvalue weighted by molar-refractivity contribution is -0.137. The summed E-state index contributed by atoms with van der Waals surface area (Å²) in [7, 11) is 1.60. The first kappa shape index (κ1) is 17.8. The van der Waals surface area contributed by atoms with Gasteiger partial charge in [-0.05, 0) is 31.6 Å². The summed E-state index contributed by atoms with van der Waals surface area (Å²) in [6.07, 6.45) is 2.28. The van der Waals surface area contributed by atoms with E-state index in [2.05, 4.69) is 0 Å². The van der Waals surface area contributed by atoms with Gasteiger partial charge in [-0.1, -0.05) is 13.8 Å². The molecule has 0 spiro atoms. The Morgan fingerprint density at radius 3 is 2.33 bits per heavy atom. The number of hydrogen-bond donors (Lipinski definition) is 1. The van der Waals surface area contributed by atoms with Gasteiger partial charge in [0.25, 0.3) is 0 Å². The van der Waals surface area contributed by atoms with Crippen LogP contribution in [0.4, 0.5) is 4.79 Å². The van der Waals surface area contributed by atoms with E-state index in [4.69, 9.17) is 9.84 Å². The van der Waals surface area contributed by atoms with Gasteiger partial charge in [-0.3, -0.25) is 4.79 Å². The highest BCUT2D eigenvalue weighted by Gasteiger charge is 2.36. The van der Waals surface area contributed by atoms with Gasteiger partial charge in [0.1, 0.15) is 6.54 Å². The lowest BCUT2D eigenvalue weighted by atomic mass is 10.1. The van der Waals surface area contributed by atoms with Gasteiger partial charge < -0.3 is 19.6 Å². The minimum Gasteiger partial charge on any atom is -0.480 e. The third-order valence-electron chi connectivity index (χ3n) is 3.76. The normalized spacial score (nSPS) is 15.9. The molecule has 0 bridgehead atoms. The second kappa shape index (κ2) is 8.22. The molecule has 1 unspecified atom stereocenters. The predicted molar refractivity (Wildman–Crippen MR) is 80.2 cm³/mol. The Labute approximate surface area is 127 Å². The summed E-state index contributed by atoms with van der Waals surface area (Å²) in [6, 6.07) is -0.0568. The van der Waals surface area contributed by atoms with E-state index in [0.717, 1.165) is 12.8 Å². The molecule has 0 aromatic carbocycles. The van der Waals surface area contributed by atoms with E-state index in [1.54, 1.807) is 12.0 Å². The molecule has 1 aliphatic rings. The van der Waals surface area contributed by atoms with E-state index in [-0.39, 0.29) is 24.5 Å². The van der Waals surface area contributed by atoms with Crippen molar-refractivity contribution < 1.29 is 19.4 Å². The molecule has 1 atom stereocenters. The Hall–Kier alpha value is -1.30. The quantitative estimate of drug-likeness (QED) is 0.706. The molecule has 1 aliphatic carbocycles. The highest BCUT2D eigenvalue weighted by atomic mass is 16.5. The lowest BCUT2D eigenvalue weighted by Crippen LogP contribution is -2.51. The SMILES string of the molecule is COCCN(C(=O)N(CC(=O)O)CC(C)C)C(C)C1CC1. The van der Waals surface area contributed by atoms with Gasteiger partial charge in [-0.2, -0.15) is 0 Å². The molecule has 0 radical (unpaired) electrons. The lowest BCUT2D eigenvalue weighted by Gasteiger charge is -2.34. The second-order valence-corrected chi connectivity index (χ2v) is 6.21. The first-order chi connectivity index (χ1) is 9.86. The molecule has 1 saturated carbocycles. The maximum Gasteiger partial charge on any atom is 0.323 e. The van der Waals surface area contributed by atoms with Crippen LogP contribution in [0, 0.1) is 11.8 Å². The van der Waals surface area contributed by atoms with Crippen molar-refractivity contribution in [1.82, 2.24) is 9.80 Å². The van der Waals surface area contributed by atoms with Crippen LogP contribution >= 0.6 is 0 Å². The second-order valence-electron chi connectivity index (χ2n) is 6.21. The van der Waals surface area contributed by atoms with Crippen LogP contribution < -0.4 is 0 Å². The Morgan fingerprint density at radius 1 is 1.29 bits per heavy atom. The van der Waals surface area contributed by atoms with Crippen molar-refractivity contribution in [2.45, 2.75) is 39.7 Å². The van der Waals surface area contributed by atoms with Crippen LogP contribution in [-0.4, -0.2) is 66.3 Å². The van der Waals surface area contributed by atoms with Crippen molar-refractivity contribution >= 4 is 12.0 Å². The molecule has 0 aromatic heterocycles. The van der Waals surface area contributed by atoms with Crippen LogP contribution in [0.25, 0.3) is 0 Å². The average Bonchev–Trinajstić information content (AvgIpc) is 3.20. The van der Waals surface area contributed by atoms with E-state index in [1.807, 2.05) is 20.8 Å². The number of carbonyl (C=O) groups is 2. The van der Waals surface area contributed by atoms with Gasteiger partial charge in [0.15, 0.2) is 0 Å². The molecule has 0 saturated heterocycles. The first-order valence-corrected chi connectivity index (χ1v) is 7.63. The summed E-state index contributed by atoms with van der Waals surface area (Å²) in [4.78, 5) is 26.9. The number of carbonyl (C=O) groups excluding carboxylic acids is 1. The van der Waals surface area contributed by atoms with Gasteiger partial charge in [0.05, 0.1) is 6.61 Å². The number of aliphatic carboxylic acids is 1. The molecule has 122 valence electrons. The number of carboxylic acid groups (broad SMARTS) is 1. The van der Waals surface area contributed by atoms with Crippen molar-refractivity contribution in [2.75, 3.05) is 33.4 Å². The third-order valence-corrected chi connectivity index (χ3v) is 3.76. The Balaban J connectivity index is 2.78. The molecule has 0 heterocycles. The summed E-state index contributed by atoms with van der Waals surface area (Å²) < 4.78 is 5.09. The molecule has 0 aliphatic heterocycles. The molecule has 1 N–H and O–H groups in total. The highest BCUT2D eigenvalue weighted by Crippen LogP contribution is 2.35. The minimum atomic E-state index is -0.977. The molecular weight excluding hydrogens is 272 g/mol. The van der Waals surface area contributed by atoms with Gasteiger partial charge in [-0.25, -0.2) is 4.79 Å². The van der Waals surface area contributed by atoms with Gasteiger partial charge >= 0.3 is 12.0 Å². The summed E-state index contributed by atoms with van der Waals surface area (Å²) in [5, 5.41) is 9.03. The summed E-state index contributed by atoms with van der Waals surface area (Å²) in [5.74, 6) is -0.208. The van der Waals surface area contributed by atoms with Crippen LogP contribution in [0.1, 0.15) is 33.6 Å². The van der Waals surface area contributed by atoms with Gasteiger partial charge in [-0.15, -0.1) is 0 Å². The zero-order chi connectivity index (χ0) is 16.0. The average molecular weight is 300 g/mol. The smallest absolute Gasteiger partial charge is 0.323 e. The number of nitrogens with zero attached hydrogens (tertiary/aromatic N) is 2. The van der Waals surface area contributed by atoms with Crippen LogP contribution in [0.2, 0.25) is 0 Å². The van der Waals surface area contributed by atoms with Crippen LogP contribution in [0.3, 0.4) is 0 Å². The molecule has 2 amide bonds. The highest BCUT2D eigenvalue weighted by molar-refractivity contribution is 5.80. The zero-order valence-corrected chi connectivity index (χ0v) is 13.5. The number of methoxy groups -OCH3 is 1. The molecular formula is C15H28N2O4. The number of amides is 2. The molecule has 1 rings (SSSR count). The van der Waals surface area contributed by atoms with Gasteiger partial charge in [0.2, 0.25) is 0 Å². The van der Waals surface area contributed by atoms with Crippen LogP contribution in [0.5, 0.6) is 0 Å². The van der Waals surface area contributed by atoms with Crippen LogP contribution in [-0.2, 0) is 9.53 Å².